The standard InChI is InChI=1S/C30H46O3/c1-17(2)18-9-12-22-29(18,7)25(33)16-28(6)19-10-11-21-26(3,4)23(31)13-14-27(21,5)20(19)15-24(32)30(22,28)8/h10,15,17-18,21-23,25,31,33H,9,11-14,16H2,1-8H3. The average molecular weight is 455 g/mol. The summed E-state index contributed by atoms with van der Waals surface area (Å²) in [7, 11) is 0. The molecule has 5 aliphatic rings. The first kappa shape index (κ1) is 23.8. The molecule has 33 heavy (non-hydrogen) atoms. The molecule has 0 aromatic heterocycles. The SMILES string of the molecule is CC(C)C1CCC2C1(C)C(O)CC1(C)C3=CCC4C(C)(CCC(O)C4(C)C)C3=CC(=O)C21C. The van der Waals surface area contributed by atoms with Gasteiger partial charge in [-0.3, -0.25) is 4.79 Å². The van der Waals surface area contributed by atoms with Crippen LogP contribution < -0.4 is 0 Å². The van der Waals surface area contributed by atoms with Gasteiger partial charge in [0.2, 0.25) is 0 Å². The van der Waals surface area contributed by atoms with E-state index >= 15 is 0 Å². The molecule has 0 aromatic carbocycles. The zero-order valence-electron chi connectivity index (χ0n) is 22.2. The van der Waals surface area contributed by atoms with E-state index in [-0.39, 0.29) is 39.5 Å². The molecular formula is C30H46O3. The number of aliphatic hydroxyl groups is 2. The molecule has 0 saturated heterocycles. The molecule has 2 N–H and O–H groups in total. The fourth-order valence-corrected chi connectivity index (χ4v) is 10.3. The number of hydrogen-bond acceptors (Lipinski definition) is 3. The van der Waals surface area contributed by atoms with Crippen molar-refractivity contribution in [2.45, 2.75) is 106 Å². The van der Waals surface area contributed by atoms with Crippen LogP contribution in [0.25, 0.3) is 0 Å². The third kappa shape index (κ3) is 2.57. The highest BCUT2D eigenvalue weighted by molar-refractivity contribution is 6.00. The van der Waals surface area contributed by atoms with Gasteiger partial charge in [-0.2, -0.15) is 0 Å². The number of ketones is 1. The number of carbonyl (C=O) groups is 1. The van der Waals surface area contributed by atoms with Crippen LogP contribution in [0, 0.1) is 50.7 Å². The first-order chi connectivity index (χ1) is 15.2. The van der Waals surface area contributed by atoms with E-state index in [9.17, 15) is 15.0 Å². The van der Waals surface area contributed by atoms with Gasteiger partial charge in [-0.1, -0.05) is 61.5 Å². The minimum Gasteiger partial charge on any atom is -0.393 e. The second-order valence-electron chi connectivity index (χ2n) is 14.2. The maximum atomic E-state index is 14.3. The van der Waals surface area contributed by atoms with Gasteiger partial charge in [0.25, 0.3) is 0 Å². The van der Waals surface area contributed by atoms with Crippen molar-refractivity contribution in [2.75, 3.05) is 0 Å². The highest BCUT2D eigenvalue weighted by atomic mass is 16.3. The van der Waals surface area contributed by atoms with Gasteiger partial charge in [0.15, 0.2) is 5.78 Å². The number of hydrogen-bond donors (Lipinski definition) is 2. The van der Waals surface area contributed by atoms with E-state index in [4.69, 9.17) is 0 Å². The van der Waals surface area contributed by atoms with Crippen LogP contribution in [0.3, 0.4) is 0 Å². The molecule has 0 heterocycles. The summed E-state index contributed by atoms with van der Waals surface area (Å²) in [5, 5.41) is 22.6. The lowest BCUT2D eigenvalue weighted by molar-refractivity contribution is -0.179. The van der Waals surface area contributed by atoms with Crippen LogP contribution in [0.4, 0.5) is 0 Å². The van der Waals surface area contributed by atoms with Gasteiger partial charge in [0.1, 0.15) is 0 Å². The molecule has 0 radical (unpaired) electrons. The molecule has 5 rings (SSSR count). The topological polar surface area (TPSA) is 57.5 Å². The van der Waals surface area contributed by atoms with Gasteiger partial charge >= 0.3 is 0 Å². The Balaban J connectivity index is 1.67. The Labute approximate surface area is 201 Å². The van der Waals surface area contributed by atoms with Gasteiger partial charge in [0, 0.05) is 16.2 Å². The Morgan fingerprint density at radius 3 is 2.21 bits per heavy atom. The highest BCUT2D eigenvalue weighted by Gasteiger charge is 2.72. The Morgan fingerprint density at radius 2 is 1.58 bits per heavy atom. The van der Waals surface area contributed by atoms with Crippen molar-refractivity contribution in [1.29, 1.82) is 0 Å². The lowest BCUT2D eigenvalue weighted by Gasteiger charge is -2.66. The van der Waals surface area contributed by atoms with Crippen LogP contribution in [-0.2, 0) is 4.79 Å². The van der Waals surface area contributed by atoms with Gasteiger partial charge in [-0.25, -0.2) is 0 Å². The number of rotatable bonds is 1. The Kier molecular flexibility index (Phi) is 4.93. The van der Waals surface area contributed by atoms with E-state index in [1.165, 1.54) is 11.1 Å². The Bertz CT molecular complexity index is 942. The van der Waals surface area contributed by atoms with Crippen LogP contribution in [0.15, 0.2) is 23.3 Å². The number of aliphatic hydroxyl groups excluding tert-OH is 2. The first-order valence-electron chi connectivity index (χ1n) is 13.5. The minimum absolute atomic E-state index is 0.103. The van der Waals surface area contributed by atoms with Gasteiger partial charge in [-0.15, -0.1) is 0 Å². The van der Waals surface area contributed by atoms with Crippen molar-refractivity contribution >= 4 is 5.78 Å². The minimum atomic E-state index is -0.479. The van der Waals surface area contributed by atoms with E-state index in [0.29, 0.717) is 24.2 Å². The maximum absolute atomic E-state index is 14.3. The molecule has 0 amide bonds. The van der Waals surface area contributed by atoms with Crippen LogP contribution in [-0.4, -0.2) is 28.2 Å². The summed E-state index contributed by atoms with van der Waals surface area (Å²) < 4.78 is 0. The van der Waals surface area contributed by atoms with Gasteiger partial charge < -0.3 is 10.2 Å². The maximum Gasteiger partial charge on any atom is 0.163 e. The molecular weight excluding hydrogens is 408 g/mol. The fraction of sp³-hybridized carbons (Fsp3) is 0.833. The summed E-state index contributed by atoms with van der Waals surface area (Å²) in [4.78, 5) is 14.3. The van der Waals surface area contributed by atoms with E-state index in [2.05, 4.69) is 61.5 Å². The summed E-state index contributed by atoms with van der Waals surface area (Å²) in [6, 6.07) is 0. The fourth-order valence-electron chi connectivity index (χ4n) is 10.3. The summed E-state index contributed by atoms with van der Waals surface area (Å²) in [6.07, 6.45) is 9.22. The number of fused-ring (bicyclic) bond motifs is 7. The van der Waals surface area contributed by atoms with E-state index in [1.807, 2.05) is 6.08 Å². The predicted octanol–water partition coefficient (Wildman–Crippen LogP) is 6.09. The lowest BCUT2D eigenvalue weighted by atomic mass is 9.37. The number of allylic oxidation sites excluding steroid dienone is 4. The molecule has 5 aliphatic carbocycles. The summed E-state index contributed by atoms with van der Waals surface area (Å²) in [6.45, 7) is 18.1. The zero-order valence-corrected chi connectivity index (χ0v) is 22.2. The zero-order chi connectivity index (χ0) is 24.4. The second kappa shape index (κ2) is 6.84. The predicted molar refractivity (Wildman–Crippen MR) is 132 cm³/mol. The molecule has 184 valence electrons. The van der Waals surface area contributed by atoms with Crippen molar-refractivity contribution in [2.24, 2.45) is 50.7 Å². The largest absolute Gasteiger partial charge is 0.393 e. The van der Waals surface area contributed by atoms with Crippen LogP contribution in [0.2, 0.25) is 0 Å². The molecule has 3 heteroatoms. The summed E-state index contributed by atoms with van der Waals surface area (Å²) in [5.41, 5.74) is 1.24. The van der Waals surface area contributed by atoms with Crippen molar-refractivity contribution in [3.05, 3.63) is 23.3 Å². The molecule has 0 aliphatic heterocycles. The van der Waals surface area contributed by atoms with Crippen molar-refractivity contribution in [3.63, 3.8) is 0 Å². The highest BCUT2D eigenvalue weighted by Crippen LogP contribution is 2.74. The molecule has 0 bridgehead atoms. The Morgan fingerprint density at radius 1 is 0.909 bits per heavy atom. The smallest absolute Gasteiger partial charge is 0.163 e. The first-order valence-corrected chi connectivity index (χ1v) is 13.5. The third-order valence-electron chi connectivity index (χ3n) is 12.6. The molecule has 0 aromatic rings. The van der Waals surface area contributed by atoms with Crippen LogP contribution in [0.5, 0.6) is 0 Å². The monoisotopic (exact) mass is 454 g/mol. The average Bonchev–Trinajstić information content (AvgIpc) is 3.09. The normalized spacial score (nSPS) is 52.9. The van der Waals surface area contributed by atoms with Gasteiger partial charge in [-0.05, 0) is 90.2 Å². The van der Waals surface area contributed by atoms with Crippen LogP contribution >= 0.6 is 0 Å². The molecule has 3 fully saturated rings. The molecule has 3 nitrogen and oxygen atoms in total. The van der Waals surface area contributed by atoms with Crippen molar-refractivity contribution in [3.8, 4) is 0 Å². The molecule has 9 atom stereocenters. The molecule has 3 saturated carbocycles. The molecule has 0 spiro atoms. The number of carbonyl (C=O) groups excluding carboxylic acids is 1. The second-order valence-corrected chi connectivity index (χ2v) is 14.2. The van der Waals surface area contributed by atoms with Crippen molar-refractivity contribution < 1.29 is 15.0 Å². The quantitative estimate of drug-likeness (QED) is 0.504. The molecule has 9 unspecified atom stereocenters. The summed E-state index contributed by atoms with van der Waals surface area (Å²) >= 11 is 0. The Hall–Kier alpha value is -0.930. The lowest BCUT2D eigenvalue weighted by Crippen LogP contribution is -2.65. The van der Waals surface area contributed by atoms with Gasteiger partial charge in [0.05, 0.1) is 12.2 Å². The third-order valence-corrected chi connectivity index (χ3v) is 12.6. The van der Waals surface area contributed by atoms with E-state index in [1.54, 1.807) is 0 Å². The van der Waals surface area contributed by atoms with Crippen LogP contribution in [0.1, 0.15) is 93.9 Å². The van der Waals surface area contributed by atoms with E-state index in [0.717, 1.165) is 32.1 Å². The van der Waals surface area contributed by atoms with Crippen molar-refractivity contribution in [1.82, 2.24) is 0 Å². The van der Waals surface area contributed by atoms with E-state index < -0.39 is 11.5 Å². The summed E-state index contributed by atoms with van der Waals surface area (Å²) in [5.74, 6) is 1.78.